The third-order valence-corrected chi connectivity index (χ3v) is 7.95. The molecule has 4 aliphatic carbocycles. The van der Waals surface area contributed by atoms with Crippen LogP contribution in [0.4, 0.5) is 0 Å². The highest BCUT2D eigenvalue weighted by atomic mass is 15.0. The van der Waals surface area contributed by atoms with E-state index < -0.39 is 0 Å². The molecule has 4 saturated carbocycles. The summed E-state index contributed by atoms with van der Waals surface area (Å²) >= 11 is 0. The molecular weight excluding hydrogens is 304 g/mol. The number of rotatable bonds is 4. The number of benzene rings is 1. The predicted octanol–water partition coefficient (Wildman–Crippen LogP) is 4.26. The fourth-order valence-corrected chi connectivity index (χ4v) is 7.84. The molecule has 25 heavy (non-hydrogen) atoms. The van der Waals surface area contributed by atoms with E-state index in [2.05, 4.69) is 47.9 Å². The van der Waals surface area contributed by atoms with Gasteiger partial charge in [-0.25, -0.2) is 0 Å². The second kappa shape index (κ2) is 5.82. The van der Waals surface area contributed by atoms with Gasteiger partial charge in [0.05, 0.1) is 0 Å². The van der Waals surface area contributed by atoms with Gasteiger partial charge in [0, 0.05) is 12.6 Å². The summed E-state index contributed by atoms with van der Waals surface area (Å²) in [6.45, 7) is 6.25. The van der Waals surface area contributed by atoms with Gasteiger partial charge >= 0.3 is 0 Å². The first-order valence-corrected chi connectivity index (χ1v) is 10.6. The molecule has 4 bridgehead atoms. The van der Waals surface area contributed by atoms with E-state index in [1.54, 1.807) is 5.56 Å². The van der Waals surface area contributed by atoms with Crippen LogP contribution in [0.1, 0.15) is 63.9 Å². The van der Waals surface area contributed by atoms with E-state index in [1.165, 1.54) is 71.0 Å². The minimum Gasteiger partial charge on any atom is -0.317 e. The lowest BCUT2D eigenvalue weighted by atomic mass is 9.39. The van der Waals surface area contributed by atoms with E-state index in [0.717, 1.165) is 12.0 Å². The molecule has 4 atom stereocenters. The summed E-state index contributed by atoms with van der Waals surface area (Å²) in [6.07, 6.45) is 11.3. The van der Waals surface area contributed by atoms with Crippen molar-refractivity contribution >= 4 is 0 Å². The molecule has 0 amide bonds. The van der Waals surface area contributed by atoms with Gasteiger partial charge in [0.25, 0.3) is 0 Å². The van der Waals surface area contributed by atoms with Gasteiger partial charge in [0.15, 0.2) is 0 Å². The molecule has 2 nitrogen and oxygen atoms in total. The lowest BCUT2D eigenvalue weighted by Gasteiger charge is -2.66. The first-order valence-electron chi connectivity index (χ1n) is 10.6. The van der Waals surface area contributed by atoms with Crippen LogP contribution in [0.3, 0.4) is 0 Å². The number of nitrogens with one attached hydrogen (secondary N) is 2. The van der Waals surface area contributed by atoms with Gasteiger partial charge in [-0.05, 0) is 92.2 Å². The summed E-state index contributed by atoms with van der Waals surface area (Å²) in [5, 5.41) is 7.53. The van der Waals surface area contributed by atoms with Crippen LogP contribution in [0.15, 0.2) is 30.3 Å². The summed E-state index contributed by atoms with van der Waals surface area (Å²) in [7, 11) is 0. The maximum Gasteiger partial charge on any atom is 0.00914 e. The smallest absolute Gasteiger partial charge is 0.00914 e. The zero-order chi connectivity index (χ0) is 17.0. The van der Waals surface area contributed by atoms with Crippen LogP contribution in [-0.4, -0.2) is 25.7 Å². The molecule has 1 saturated heterocycles. The Morgan fingerprint density at radius 3 is 2.56 bits per heavy atom. The molecule has 1 heterocycles. The fraction of sp³-hybridized carbons (Fsp3) is 0.739. The summed E-state index contributed by atoms with van der Waals surface area (Å²) in [6, 6.07) is 12.3. The van der Waals surface area contributed by atoms with Gasteiger partial charge in [-0.15, -0.1) is 0 Å². The maximum atomic E-state index is 4.02. The van der Waals surface area contributed by atoms with Crippen molar-refractivity contribution in [1.29, 1.82) is 0 Å². The normalized spacial score (nSPS) is 43.5. The quantitative estimate of drug-likeness (QED) is 0.857. The number of hydrogen-bond acceptors (Lipinski definition) is 2. The summed E-state index contributed by atoms with van der Waals surface area (Å²) in [5.41, 5.74) is 3.22. The molecule has 0 spiro atoms. The van der Waals surface area contributed by atoms with E-state index in [-0.39, 0.29) is 0 Å². The van der Waals surface area contributed by atoms with Crippen molar-refractivity contribution in [2.75, 3.05) is 19.6 Å². The van der Waals surface area contributed by atoms with E-state index in [1.807, 2.05) is 0 Å². The Labute approximate surface area is 153 Å². The predicted molar refractivity (Wildman–Crippen MR) is 104 cm³/mol. The van der Waals surface area contributed by atoms with Gasteiger partial charge in [-0.3, -0.25) is 0 Å². The molecule has 5 fully saturated rings. The first kappa shape index (κ1) is 16.3. The minimum atomic E-state index is 0.464. The molecular formula is C23H34N2. The molecule has 0 aromatic heterocycles. The Bertz CT molecular complexity index is 622. The van der Waals surface area contributed by atoms with Crippen LogP contribution in [0.25, 0.3) is 0 Å². The molecule has 4 unspecified atom stereocenters. The fourth-order valence-electron chi connectivity index (χ4n) is 7.84. The van der Waals surface area contributed by atoms with Gasteiger partial charge in [0.1, 0.15) is 0 Å². The van der Waals surface area contributed by atoms with Crippen LogP contribution in [0, 0.1) is 16.7 Å². The van der Waals surface area contributed by atoms with Gasteiger partial charge in [-0.1, -0.05) is 37.3 Å². The molecule has 1 aromatic rings. The second-order valence-corrected chi connectivity index (χ2v) is 10.4. The van der Waals surface area contributed by atoms with Crippen molar-refractivity contribution in [2.24, 2.45) is 16.7 Å². The first-order chi connectivity index (χ1) is 12.1. The summed E-state index contributed by atoms with van der Waals surface area (Å²) in [5.74, 6) is 0.955. The van der Waals surface area contributed by atoms with Crippen molar-refractivity contribution in [1.82, 2.24) is 10.6 Å². The van der Waals surface area contributed by atoms with Gasteiger partial charge < -0.3 is 10.6 Å². The van der Waals surface area contributed by atoms with Crippen LogP contribution >= 0.6 is 0 Å². The second-order valence-electron chi connectivity index (χ2n) is 10.4. The molecule has 1 aromatic carbocycles. The largest absolute Gasteiger partial charge is 0.317 e. The zero-order valence-corrected chi connectivity index (χ0v) is 15.8. The zero-order valence-electron chi connectivity index (χ0n) is 15.8. The standard InChI is InChI=1S/C23H34N2/c1-21-11-18-12-22(14-21,17-25-20-7-9-24-10-8-20)16-23(13-18,15-21)19-5-3-2-4-6-19/h2-6,18,20,24-25H,7-17H2,1H3. The highest BCUT2D eigenvalue weighted by Gasteiger charge is 2.61. The van der Waals surface area contributed by atoms with E-state index in [0.29, 0.717) is 16.2 Å². The van der Waals surface area contributed by atoms with E-state index in [9.17, 15) is 0 Å². The Kier molecular flexibility index (Phi) is 3.80. The Balaban J connectivity index is 1.41. The average Bonchev–Trinajstić information content (AvgIpc) is 2.60. The lowest BCUT2D eigenvalue weighted by molar-refractivity contribution is -0.118. The Morgan fingerprint density at radius 1 is 1.00 bits per heavy atom. The molecule has 2 heteroatoms. The van der Waals surface area contributed by atoms with Gasteiger partial charge in [0.2, 0.25) is 0 Å². The van der Waals surface area contributed by atoms with Gasteiger partial charge in [-0.2, -0.15) is 0 Å². The topological polar surface area (TPSA) is 24.1 Å². The van der Waals surface area contributed by atoms with E-state index in [4.69, 9.17) is 0 Å². The molecule has 6 rings (SSSR count). The van der Waals surface area contributed by atoms with Crippen molar-refractivity contribution < 1.29 is 0 Å². The van der Waals surface area contributed by atoms with Crippen molar-refractivity contribution in [2.45, 2.75) is 69.7 Å². The maximum absolute atomic E-state index is 4.02. The minimum absolute atomic E-state index is 0.464. The molecule has 2 N–H and O–H groups in total. The Hall–Kier alpha value is -0.860. The highest BCUT2D eigenvalue weighted by Crippen LogP contribution is 2.69. The monoisotopic (exact) mass is 338 g/mol. The third kappa shape index (κ3) is 2.86. The van der Waals surface area contributed by atoms with Crippen LogP contribution < -0.4 is 10.6 Å². The van der Waals surface area contributed by atoms with Crippen molar-refractivity contribution in [3.05, 3.63) is 35.9 Å². The Morgan fingerprint density at radius 2 is 1.80 bits per heavy atom. The molecule has 0 radical (unpaired) electrons. The van der Waals surface area contributed by atoms with Crippen LogP contribution in [0.5, 0.6) is 0 Å². The molecule has 136 valence electrons. The van der Waals surface area contributed by atoms with Crippen molar-refractivity contribution in [3.8, 4) is 0 Å². The van der Waals surface area contributed by atoms with E-state index >= 15 is 0 Å². The molecule has 1 aliphatic heterocycles. The summed E-state index contributed by atoms with van der Waals surface area (Å²) < 4.78 is 0. The number of piperidine rings is 1. The van der Waals surface area contributed by atoms with Crippen LogP contribution in [-0.2, 0) is 5.41 Å². The van der Waals surface area contributed by atoms with Crippen LogP contribution in [0.2, 0.25) is 0 Å². The lowest BCUT2D eigenvalue weighted by Crippen LogP contribution is -2.61. The third-order valence-electron chi connectivity index (χ3n) is 7.95. The van der Waals surface area contributed by atoms with Crippen molar-refractivity contribution in [3.63, 3.8) is 0 Å². The molecule has 5 aliphatic rings. The highest BCUT2D eigenvalue weighted by molar-refractivity contribution is 5.31. The average molecular weight is 339 g/mol. The summed E-state index contributed by atoms with van der Waals surface area (Å²) in [4.78, 5) is 0. The number of hydrogen-bond donors (Lipinski definition) is 2. The SMILES string of the molecule is CC12CC3CC(CNC4CCNCC4)(C1)CC(c1ccccc1)(C3)C2.